The van der Waals surface area contributed by atoms with Gasteiger partial charge >= 0.3 is 0 Å². The van der Waals surface area contributed by atoms with Crippen LogP contribution in [-0.4, -0.2) is 19.0 Å². The lowest BCUT2D eigenvalue weighted by Gasteiger charge is -2.12. The molecule has 2 aromatic rings. The zero-order valence-corrected chi connectivity index (χ0v) is 13.4. The van der Waals surface area contributed by atoms with Gasteiger partial charge in [-0.2, -0.15) is 0 Å². The van der Waals surface area contributed by atoms with Crippen LogP contribution in [0.25, 0.3) is 0 Å². The zero-order chi connectivity index (χ0) is 15.1. The lowest BCUT2D eigenvalue weighted by molar-refractivity contribution is 0.289. The summed E-state index contributed by atoms with van der Waals surface area (Å²) in [4.78, 5) is 0.904. The molecule has 0 aromatic heterocycles. The van der Waals surface area contributed by atoms with Gasteiger partial charge in [-0.05, 0) is 31.2 Å². The van der Waals surface area contributed by atoms with Gasteiger partial charge in [0.05, 0.1) is 18.2 Å². The second-order valence-electron chi connectivity index (χ2n) is 4.23. The minimum absolute atomic E-state index is 0.555. The van der Waals surface area contributed by atoms with E-state index in [0.29, 0.717) is 23.9 Å². The third-order valence-corrected chi connectivity index (χ3v) is 4.28. The number of nitrogens with two attached hydrogens (primary N) is 1. The molecule has 0 aliphatic heterocycles. The molecule has 0 spiro atoms. The Balaban J connectivity index is 1.88. The largest absolute Gasteiger partial charge is 0.490 e. The van der Waals surface area contributed by atoms with E-state index in [4.69, 9.17) is 26.8 Å². The topological polar surface area (TPSA) is 44.5 Å². The maximum absolute atomic E-state index is 6.13. The van der Waals surface area contributed by atoms with Gasteiger partial charge in [-0.15, -0.1) is 11.8 Å². The van der Waals surface area contributed by atoms with Crippen molar-refractivity contribution >= 4 is 29.1 Å². The molecule has 21 heavy (non-hydrogen) atoms. The molecule has 0 fully saturated rings. The van der Waals surface area contributed by atoms with Crippen LogP contribution in [0.3, 0.4) is 0 Å². The van der Waals surface area contributed by atoms with Gasteiger partial charge in [0, 0.05) is 16.3 Å². The zero-order valence-electron chi connectivity index (χ0n) is 11.8. The van der Waals surface area contributed by atoms with Gasteiger partial charge in [-0.1, -0.05) is 29.8 Å². The maximum Gasteiger partial charge on any atom is 0.161 e. The predicted molar refractivity (Wildman–Crippen MR) is 89.7 cm³/mol. The van der Waals surface area contributed by atoms with Crippen LogP contribution in [0.1, 0.15) is 6.92 Å². The van der Waals surface area contributed by atoms with E-state index in [1.165, 1.54) is 0 Å². The molecule has 0 aliphatic rings. The van der Waals surface area contributed by atoms with Crippen molar-refractivity contribution in [3.8, 4) is 11.5 Å². The van der Waals surface area contributed by atoms with Crippen molar-refractivity contribution in [3.63, 3.8) is 0 Å². The van der Waals surface area contributed by atoms with Crippen LogP contribution in [0.15, 0.2) is 47.4 Å². The molecule has 2 rings (SSSR count). The Morgan fingerprint density at radius 2 is 1.76 bits per heavy atom. The summed E-state index contributed by atoms with van der Waals surface area (Å²) in [5.74, 6) is 2.28. The van der Waals surface area contributed by atoms with Gasteiger partial charge in [0.1, 0.15) is 0 Å². The van der Waals surface area contributed by atoms with E-state index in [-0.39, 0.29) is 0 Å². The summed E-state index contributed by atoms with van der Waals surface area (Å²) >= 11 is 7.72. The maximum atomic E-state index is 6.13. The monoisotopic (exact) mass is 323 g/mol. The van der Waals surface area contributed by atoms with Gasteiger partial charge in [-0.3, -0.25) is 0 Å². The second-order valence-corrected chi connectivity index (χ2v) is 5.75. The Kier molecular flexibility index (Phi) is 6.08. The molecule has 5 heteroatoms. The number of nitrogen functional groups attached to an aromatic ring is 1. The van der Waals surface area contributed by atoms with Crippen LogP contribution < -0.4 is 15.2 Å². The molecule has 0 unspecified atom stereocenters. The molecule has 0 saturated carbocycles. The van der Waals surface area contributed by atoms with Gasteiger partial charge in [0.25, 0.3) is 0 Å². The number of rotatable bonds is 7. The van der Waals surface area contributed by atoms with Crippen molar-refractivity contribution in [2.75, 3.05) is 24.7 Å². The number of thioether (sulfide) groups is 1. The van der Waals surface area contributed by atoms with Gasteiger partial charge in [0.15, 0.2) is 11.5 Å². The summed E-state index contributed by atoms with van der Waals surface area (Å²) < 4.78 is 11.3. The normalized spacial score (nSPS) is 10.4. The smallest absolute Gasteiger partial charge is 0.161 e. The summed E-state index contributed by atoms with van der Waals surface area (Å²) in [6.45, 7) is 3.12. The SMILES string of the molecule is CCOc1ccccc1OCCSc1c(N)cccc1Cl. The number of hydrogen-bond donors (Lipinski definition) is 1. The van der Waals surface area contributed by atoms with Gasteiger partial charge in [-0.25, -0.2) is 0 Å². The Morgan fingerprint density at radius 3 is 2.43 bits per heavy atom. The molecule has 0 atom stereocenters. The summed E-state index contributed by atoms with van der Waals surface area (Å²) in [5, 5.41) is 0.676. The Hall–Kier alpha value is -1.52. The number of para-hydroxylation sites is 2. The van der Waals surface area contributed by atoms with Crippen LogP contribution in [0.4, 0.5) is 5.69 Å². The summed E-state index contributed by atoms with van der Waals surface area (Å²) in [7, 11) is 0. The highest BCUT2D eigenvalue weighted by molar-refractivity contribution is 7.99. The van der Waals surface area contributed by atoms with Crippen molar-refractivity contribution in [2.24, 2.45) is 0 Å². The number of halogens is 1. The van der Waals surface area contributed by atoms with Crippen molar-refractivity contribution in [2.45, 2.75) is 11.8 Å². The Bertz CT molecular complexity index is 572. The molecule has 112 valence electrons. The van der Waals surface area contributed by atoms with Crippen LogP contribution >= 0.6 is 23.4 Å². The molecule has 0 radical (unpaired) electrons. The lowest BCUT2D eigenvalue weighted by atomic mass is 10.3. The molecule has 3 nitrogen and oxygen atoms in total. The van der Waals surface area contributed by atoms with E-state index in [1.807, 2.05) is 49.4 Å². The van der Waals surface area contributed by atoms with E-state index < -0.39 is 0 Å². The Morgan fingerprint density at radius 1 is 1.05 bits per heavy atom. The van der Waals surface area contributed by atoms with Crippen LogP contribution in [0.2, 0.25) is 5.02 Å². The molecule has 2 aromatic carbocycles. The van der Waals surface area contributed by atoms with Gasteiger partial charge < -0.3 is 15.2 Å². The van der Waals surface area contributed by atoms with Crippen molar-refractivity contribution in [1.82, 2.24) is 0 Å². The van der Waals surface area contributed by atoms with E-state index in [0.717, 1.165) is 22.1 Å². The van der Waals surface area contributed by atoms with Crippen LogP contribution in [0.5, 0.6) is 11.5 Å². The number of anilines is 1. The minimum atomic E-state index is 0.555. The predicted octanol–water partition coefficient (Wildman–Crippen LogP) is 4.49. The first-order valence-electron chi connectivity index (χ1n) is 6.73. The van der Waals surface area contributed by atoms with Crippen LogP contribution in [0, 0.1) is 0 Å². The fourth-order valence-corrected chi connectivity index (χ4v) is 2.97. The molecule has 0 heterocycles. The van der Waals surface area contributed by atoms with Crippen molar-refractivity contribution in [3.05, 3.63) is 47.5 Å². The van der Waals surface area contributed by atoms with Gasteiger partial charge in [0.2, 0.25) is 0 Å². The third kappa shape index (κ3) is 4.48. The number of benzene rings is 2. The van der Waals surface area contributed by atoms with E-state index in [9.17, 15) is 0 Å². The van der Waals surface area contributed by atoms with E-state index >= 15 is 0 Å². The standard InChI is InChI=1S/C16H18ClNO2S/c1-2-19-14-8-3-4-9-15(14)20-10-11-21-16-12(17)6-5-7-13(16)18/h3-9H,2,10-11,18H2,1H3. The Labute approximate surface area is 134 Å². The first-order chi connectivity index (χ1) is 10.2. The molecular formula is C16H18ClNO2S. The highest BCUT2D eigenvalue weighted by Crippen LogP contribution is 2.32. The molecule has 0 amide bonds. The van der Waals surface area contributed by atoms with Crippen molar-refractivity contribution < 1.29 is 9.47 Å². The molecule has 0 bridgehead atoms. The lowest BCUT2D eigenvalue weighted by Crippen LogP contribution is -2.03. The quantitative estimate of drug-likeness (QED) is 0.463. The number of hydrogen-bond acceptors (Lipinski definition) is 4. The average Bonchev–Trinajstić information content (AvgIpc) is 2.48. The fraction of sp³-hybridized carbons (Fsp3) is 0.250. The summed E-state index contributed by atoms with van der Waals surface area (Å²) in [6.07, 6.45) is 0. The third-order valence-electron chi connectivity index (χ3n) is 2.73. The van der Waals surface area contributed by atoms with Crippen LogP contribution in [-0.2, 0) is 0 Å². The molecule has 0 aliphatic carbocycles. The molecule has 0 saturated heterocycles. The average molecular weight is 324 g/mol. The van der Waals surface area contributed by atoms with E-state index in [2.05, 4.69) is 0 Å². The fourth-order valence-electron chi connectivity index (χ4n) is 1.82. The highest BCUT2D eigenvalue weighted by Gasteiger charge is 2.06. The second kappa shape index (κ2) is 8.05. The summed E-state index contributed by atoms with van der Waals surface area (Å²) in [5.41, 5.74) is 6.61. The summed E-state index contributed by atoms with van der Waals surface area (Å²) in [6, 6.07) is 13.2. The van der Waals surface area contributed by atoms with Crippen molar-refractivity contribution in [1.29, 1.82) is 0 Å². The van der Waals surface area contributed by atoms with E-state index in [1.54, 1.807) is 11.8 Å². The minimum Gasteiger partial charge on any atom is -0.490 e. The highest BCUT2D eigenvalue weighted by atomic mass is 35.5. The molecular weight excluding hydrogens is 306 g/mol. The first-order valence-corrected chi connectivity index (χ1v) is 8.10. The first kappa shape index (κ1) is 15.9. The molecule has 2 N–H and O–H groups in total. The number of ether oxygens (including phenoxy) is 2.